The molecule has 4 heteroatoms. The smallest absolute Gasteiger partial charge is 0.248 e. The minimum Gasteiger partial charge on any atom is -0.372 e. The van der Waals surface area contributed by atoms with Crippen LogP contribution in [-0.4, -0.2) is 50.2 Å². The van der Waals surface area contributed by atoms with Crippen LogP contribution < -0.4 is 5.32 Å². The molecule has 0 spiro atoms. The fourth-order valence-electron chi connectivity index (χ4n) is 1.59. The summed E-state index contributed by atoms with van der Waals surface area (Å²) in [6, 6.07) is 0. The Hall–Kier alpha value is -0.610. The summed E-state index contributed by atoms with van der Waals surface area (Å²) >= 11 is 0. The summed E-state index contributed by atoms with van der Waals surface area (Å²) in [6.07, 6.45) is 2.25. The van der Waals surface area contributed by atoms with E-state index in [1.54, 1.807) is 14.0 Å². The van der Waals surface area contributed by atoms with Gasteiger partial charge in [0.25, 0.3) is 0 Å². The third-order valence-corrected chi connectivity index (χ3v) is 2.65. The summed E-state index contributed by atoms with van der Waals surface area (Å²) in [5.41, 5.74) is 0. The molecule has 0 bridgehead atoms. The van der Waals surface area contributed by atoms with Gasteiger partial charge in [-0.05, 0) is 32.9 Å². The molecule has 82 valence electrons. The molecule has 0 aromatic rings. The Labute approximate surface area is 85.6 Å². The van der Waals surface area contributed by atoms with Crippen molar-refractivity contribution < 1.29 is 9.53 Å². The first-order chi connectivity index (χ1) is 6.74. The van der Waals surface area contributed by atoms with Crippen molar-refractivity contribution in [2.24, 2.45) is 0 Å². The molecule has 1 unspecified atom stereocenters. The molecular formula is C10H20N2O2. The highest BCUT2D eigenvalue weighted by atomic mass is 16.5. The zero-order valence-electron chi connectivity index (χ0n) is 9.08. The van der Waals surface area contributed by atoms with Crippen LogP contribution in [-0.2, 0) is 9.53 Å². The Morgan fingerprint density at radius 1 is 1.50 bits per heavy atom. The molecule has 14 heavy (non-hydrogen) atoms. The largest absolute Gasteiger partial charge is 0.372 e. The van der Waals surface area contributed by atoms with Crippen LogP contribution in [0.15, 0.2) is 0 Å². The summed E-state index contributed by atoms with van der Waals surface area (Å²) < 4.78 is 4.91. The monoisotopic (exact) mass is 200 g/mol. The number of hydrogen-bond donors (Lipinski definition) is 1. The van der Waals surface area contributed by atoms with Gasteiger partial charge in [-0.1, -0.05) is 0 Å². The van der Waals surface area contributed by atoms with Crippen LogP contribution in [0.1, 0.15) is 19.8 Å². The third kappa shape index (κ3) is 3.64. The number of carbonyl (C=O) groups is 1. The first kappa shape index (κ1) is 11.5. The molecule has 1 N–H and O–H groups in total. The Morgan fingerprint density at radius 2 is 2.14 bits per heavy atom. The van der Waals surface area contributed by atoms with Crippen LogP contribution >= 0.6 is 0 Å². The molecule has 1 heterocycles. The van der Waals surface area contributed by atoms with E-state index in [0.717, 1.165) is 13.1 Å². The zero-order valence-corrected chi connectivity index (χ0v) is 9.08. The predicted molar refractivity (Wildman–Crippen MR) is 55.2 cm³/mol. The second-order valence-corrected chi connectivity index (χ2v) is 3.72. The van der Waals surface area contributed by atoms with Gasteiger partial charge in [-0.2, -0.15) is 0 Å². The van der Waals surface area contributed by atoms with Crippen LogP contribution in [0.2, 0.25) is 0 Å². The summed E-state index contributed by atoms with van der Waals surface area (Å²) in [5, 5.41) is 2.85. The predicted octanol–water partition coefficient (Wildman–Crippen LogP) is 0.233. The summed E-state index contributed by atoms with van der Waals surface area (Å²) in [4.78, 5) is 13.7. The standard InChI is InChI=1S/C10H20N2O2/c1-9(14-2)10(13)11-5-8-12-6-3-4-7-12/h9H,3-8H2,1-2H3,(H,11,13). The maximum Gasteiger partial charge on any atom is 0.248 e. The summed E-state index contributed by atoms with van der Waals surface area (Å²) in [6.45, 7) is 5.80. The molecule has 0 radical (unpaired) electrons. The lowest BCUT2D eigenvalue weighted by Gasteiger charge is -2.16. The van der Waals surface area contributed by atoms with Gasteiger partial charge in [-0.3, -0.25) is 4.79 Å². The van der Waals surface area contributed by atoms with Gasteiger partial charge < -0.3 is 15.0 Å². The fourth-order valence-corrected chi connectivity index (χ4v) is 1.59. The molecule has 1 amide bonds. The van der Waals surface area contributed by atoms with Gasteiger partial charge in [0.15, 0.2) is 0 Å². The third-order valence-electron chi connectivity index (χ3n) is 2.65. The van der Waals surface area contributed by atoms with E-state index in [4.69, 9.17) is 4.74 Å². The minimum absolute atomic E-state index is 0.0216. The maximum absolute atomic E-state index is 11.3. The van der Waals surface area contributed by atoms with Crippen molar-refractivity contribution in [1.29, 1.82) is 0 Å². The van der Waals surface area contributed by atoms with Gasteiger partial charge in [0.2, 0.25) is 5.91 Å². The van der Waals surface area contributed by atoms with Crippen LogP contribution in [0, 0.1) is 0 Å². The normalized spacial score (nSPS) is 19.6. The Morgan fingerprint density at radius 3 is 2.71 bits per heavy atom. The molecular weight excluding hydrogens is 180 g/mol. The SMILES string of the molecule is COC(C)C(=O)NCCN1CCCC1. The van der Waals surface area contributed by atoms with Gasteiger partial charge in [-0.15, -0.1) is 0 Å². The number of rotatable bonds is 5. The lowest BCUT2D eigenvalue weighted by molar-refractivity contribution is -0.130. The average molecular weight is 200 g/mol. The fraction of sp³-hybridized carbons (Fsp3) is 0.900. The van der Waals surface area contributed by atoms with Gasteiger partial charge in [0, 0.05) is 20.2 Å². The maximum atomic E-state index is 11.3. The number of methoxy groups -OCH3 is 1. The molecule has 4 nitrogen and oxygen atoms in total. The first-order valence-corrected chi connectivity index (χ1v) is 5.27. The van der Waals surface area contributed by atoms with E-state index < -0.39 is 0 Å². The number of nitrogens with one attached hydrogen (secondary N) is 1. The molecule has 0 aromatic heterocycles. The molecule has 1 aliphatic heterocycles. The molecule has 1 fully saturated rings. The minimum atomic E-state index is -0.339. The number of nitrogens with zero attached hydrogens (tertiary/aromatic N) is 1. The molecule has 0 aromatic carbocycles. The van der Waals surface area contributed by atoms with Crippen molar-refractivity contribution in [2.75, 3.05) is 33.3 Å². The molecule has 1 aliphatic rings. The Kier molecular flexibility index (Phi) is 4.90. The van der Waals surface area contributed by atoms with Crippen molar-refractivity contribution in [3.63, 3.8) is 0 Å². The molecule has 0 saturated carbocycles. The molecule has 0 aliphatic carbocycles. The van der Waals surface area contributed by atoms with E-state index in [2.05, 4.69) is 10.2 Å². The number of ether oxygens (including phenoxy) is 1. The zero-order chi connectivity index (χ0) is 10.4. The highest BCUT2D eigenvalue weighted by molar-refractivity contribution is 5.80. The van der Waals surface area contributed by atoms with E-state index in [1.165, 1.54) is 25.9 Å². The Balaban J connectivity index is 2.05. The van der Waals surface area contributed by atoms with Gasteiger partial charge in [-0.25, -0.2) is 0 Å². The van der Waals surface area contributed by atoms with E-state index in [9.17, 15) is 4.79 Å². The lowest BCUT2D eigenvalue weighted by atomic mass is 10.4. The van der Waals surface area contributed by atoms with Crippen molar-refractivity contribution in [3.8, 4) is 0 Å². The molecule has 1 saturated heterocycles. The number of carbonyl (C=O) groups excluding carboxylic acids is 1. The van der Waals surface area contributed by atoms with E-state index >= 15 is 0 Å². The van der Waals surface area contributed by atoms with E-state index in [-0.39, 0.29) is 12.0 Å². The van der Waals surface area contributed by atoms with E-state index in [0.29, 0.717) is 0 Å². The summed E-state index contributed by atoms with van der Waals surface area (Å²) in [7, 11) is 1.55. The number of likely N-dealkylation sites (tertiary alicyclic amines) is 1. The number of amides is 1. The Bertz CT molecular complexity index is 179. The van der Waals surface area contributed by atoms with Crippen LogP contribution in [0.3, 0.4) is 0 Å². The van der Waals surface area contributed by atoms with Gasteiger partial charge in [0.1, 0.15) is 6.10 Å². The highest BCUT2D eigenvalue weighted by Crippen LogP contribution is 2.05. The second kappa shape index (κ2) is 5.98. The van der Waals surface area contributed by atoms with Gasteiger partial charge in [0.05, 0.1) is 0 Å². The van der Waals surface area contributed by atoms with Crippen LogP contribution in [0.4, 0.5) is 0 Å². The summed E-state index contributed by atoms with van der Waals surface area (Å²) in [5.74, 6) is -0.0216. The van der Waals surface area contributed by atoms with Crippen molar-refractivity contribution in [1.82, 2.24) is 10.2 Å². The first-order valence-electron chi connectivity index (χ1n) is 5.27. The topological polar surface area (TPSA) is 41.6 Å². The van der Waals surface area contributed by atoms with Crippen LogP contribution in [0.25, 0.3) is 0 Å². The quantitative estimate of drug-likeness (QED) is 0.691. The average Bonchev–Trinajstić information content (AvgIpc) is 2.69. The number of hydrogen-bond acceptors (Lipinski definition) is 3. The van der Waals surface area contributed by atoms with Crippen molar-refractivity contribution in [3.05, 3.63) is 0 Å². The lowest BCUT2D eigenvalue weighted by Crippen LogP contribution is -2.38. The van der Waals surface area contributed by atoms with Gasteiger partial charge >= 0.3 is 0 Å². The second-order valence-electron chi connectivity index (χ2n) is 3.72. The van der Waals surface area contributed by atoms with Crippen LogP contribution in [0.5, 0.6) is 0 Å². The van der Waals surface area contributed by atoms with Crippen molar-refractivity contribution >= 4 is 5.91 Å². The molecule has 1 rings (SSSR count). The van der Waals surface area contributed by atoms with Crippen molar-refractivity contribution in [2.45, 2.75) is 25.9 Å². The highest BCUT2D eigenvalue weighted by Gasteiger charge is 2.13. The van der Waals surface area contributed by atoms with E-state index in [1.807, 2.05) is 0 Å². The molecule has 1 atom stereocenters.